The second-order valence-corrected chi connectivity index (χ2v) is 11.8. The van der Waals surface area contributed by atoms with E-state index in [-0.39, 0.29) is 26.5 Å². The van der Waals surface area contributed by atoms with Crippen LogP contribution in [0.4, 0.5) is 0 Å². The van der Waals surface area contributed by atoms with Crippen molar-refractivity contribution in [2.75, 3.05) is 21.2 Å². The number of cyclic esters (lactones) is 1. The van der Waals surface area contributed by atoms with E-state index < -0.39 is 41.3 Å². The van der Waals surface area contributed by atoms with Crippen LogP contribution in [0.2, 0.25) is 0 Å². The van der Waals surface area contributed by atoms with Crippen molar-refractivity contribution in [1.82, 2.24) is 4.90 Å². The van der Waals surface area contributed by atoms with Gasteiger partial charge >= 0.3 is 5.97 Å². The van der Waals surface area contributed by atoms with Crippen LogP contribution in [-0.4, -0.2) is 79.9 Å². The van der Waals surface area contributed by atoms with Crippen molar-refractivity contribution in [3.8, 4) is 0 Å². The van der Waals surface area contributed by atoms with Crippen LogP contribution in [0.3, 0.4) is 0 Å². The highest BCUT2D eigenvalue weighted by Crippen LogP contribution is 2.43. The molecule has 2 aliphatic rings. The Kier molecular flexibility index (Phi) is 11.0. The van der Waals surface area contributed by atoms with Gasteiger partial charge in [-0.1, -0.05) is 19.9 Å². The summed E-state index contributed by atoms with van der Waals surface area (Å²) in [6, 6.07) is -0.0464. The molecule has 3 unspecified atom stereocenters. The molecule has 1 saturated heterocycles. The maximum atomic E-state index is 12.7. The van der Waals surface area contributed by atoms with Gasteiger partial charge in [0.25, 0.3) is 0 Å². The fourth-order valence-electron chi connectivity index (χ4n) is 5.39. The molecule has 9 nitrogen and oxygen atoms in total. The summed E-state index contributed by atoms with van der Waals surface area (Å²) in [7, 11) is 5.35. The van der Waals surface area contributed by atoms with E-state index >= 15 is 0 Å². The quantitative estimate of drug-likeness (QED) is 0.144. The molecule has 2 aliphatic heterocycles. The van der Waals surface area contributed by atoms with E-state index in [1.165, 1.54) is 0 Å². The number of aldehydes is 1. The van der Waals surface area contributed by atoms with Gasteiger partial charge in [0.2, 0.25) is 5.79 Å². The number of carbonyl (C=O) groups is 2. The largest absolute Gasteiger partial charge is 0.456 e. The lowest BCUT2D eigenvalue weighted by molar-refractivity contribution is -0.268. The third kappa shape index (κ3) is 7.27. The maximum absolute atomic E-state index is 12.7. The fourth-order valence-corrected chi connectivity index (χ4v) is 6.16. The molecule has 210 valence electrons. The molecule has 10 heteroatoms. The minimum Gasteiger partial charge on any atom is -0.456 e. The zero-order valence-corrected chi connectivity index (χ0v) is 24.6. The highest BCUT2D eigenvalue weighted by Gasteiger charge is 2.51. The molecule has 1 fully saturated rings. The molecule has 0 aromatic heterocycles. The maximum Gasteiger partial charge on any atom is 0.340 e. The summed E-state index contributed by atoms with van der Waals surface area (Å²) in [5.74, 6) is -2.10. The summed E-state index contributed by atoms with van der Waals surface area (Å²) in [4.78, 5) is 26.5. The van der Waals surface area contributed by atoms with E-state index in [4.69, 9.17) is 23.7 Å². The lowest BCUT2D eigenvalue weighted by atomic mass is 9.77. The zero-order valence-electron chi connectivity index (χ0n) is 23.7. The smallest absolute Gasteiger partial charge is 0.340 e. The van der Waals surface area contributed by atoms with Gasteiger partial charge in [0.1, 0.15) is 17.7 Å². The molecule has 37 heavy (non-hydrogen) atoms. The van der Waals surface area contributed by atoms with Crippen LogP contribution in [-0.2, 0) is 37.8 Å². The highest BCUT2D eigenvalue weighted by molar-refractivity contribution is 7.24. The molecule has 0 aromatic rings. The molecule has 0 aromatic carbocycles. The average Bonchev–Trinajstić information content (AvgIpc) is 2.83. The SMILES string of the molecule is C=CC[C@](C[C@@H](C)C=O)(OC)[C@H](O[C@@H]1OC(C)CC(N(C)C)C1P=O)[C@@H](C)C1=C(C)C(=O)OC(C)(C)O1. The van der Waals surface area contributed by atoms with Crippen LogP contribution < -0.4 is 0 Å². The van der Waals surface area contributed by atoms with E-state index in [1.807, 2.05) is 39.8 Å². The van der Waals surface area contributed by atoms with E-state index in [1.54, 1.807) is 34.0 Å². The Labute approximate surface area is 223 Å². The molecule has 0 bridgehead atoms. The van der Waals surface area contributed by atoms with Gasteiger partial charge in [-0.25, -0.2) is 4.79 Å². The molecule has 0 N–H and O–H groups in total. The van der Waals surface area contributed by atoms with Crippen LogP contribution in [0.1, 0.15) is 60.8 Å². The van der Waals surface area contributed by atoms with Crippen molar-refractivity contribution in [3.05, 3.63) is 24.0 Å². The summed E-state index contributed by atoms with van der Waals surface area (Å²) >= 11 is 0. The summed E-state index contributed by atoms with van der Waals surface area (Å²) < 4.78 is 43.1. The topological polar surface area (TPSA) is 101 Å². The van der Waals surface area contributed by atoms with Gasteiger partial charge in [0, 0.05) is 38.8 Å². The normalized spacial score (nSPS) is 30.2. The number of ether oxygens (including phenoxy) is 5. The van der Waals surface area contributed by atoms with Crippen molar-refractivity contribution in [2.45, 2.75) is 102 Å². The fraction of sp³-hybridized carbons (Fsp3) is 0.778. The van der Waals surface area contributed by atoms with Gasteiger partial charge < -0.3 is 33.4 Å². The van der Waals surface area contributed by atoms with Crippen LogP contribution in [0.15, 0.2) is 24.0 Å². The molecular formula is C27H44NO8P. The predicted octanol–water partition coefficient (Wildman–Crippen LogP) is 4.50. The first-order valence-corrected chi connectivity index (χ1v) is 13.7. The summed E-state index contributed by atoms with van der Waals surface area (Å²) in [5.41, 5.74) is -1.16. The second-order valence-electron chi connectivity index (χ2n) is 11.0. The molecule has 0 aliphatic carbocycles. The van der Waals surface area contributed by atoms with E-state index in [2.05, 4.69) is 6.58 Å². The van der Waals surface area contributed by atoms with E-state index in [0.29, 0.717) is 30.6 Å². The monoisotopic (exact) mass is 541 g/mol. The van der Waals surface area contributed by atoms with Gasteiger partial charge in [-0.05, 0) is 47.2 Å². The van der Waals surface area contributed by atoms with Crippen molar-refractivity contribution in [1.29, 1.82) is 0 Å². The van der Waals surface area contributed by atoms with Gasteiger partial charge in [0.15, 0.2) is 14.8 Å². The molecule has 0 saturated carbocycles. The van der Waals surface area contributed by atoms with Crippen molar-refractivity contribution >= 4 is 20.7 Å². The molecular weight excluding hydrogens is 497 g/mol. The lowest BCUT2D eigenvalue weighted by Gasteiger charge is -2.48. The molecule has 0 radical (unpaired) electrons. The van der Waals surface area contributed by atoms with Crippen LogP contribution in [0.25, 0.3) is 0 Å². The first-order valence-electron chi connectivity index (χ1n) is 12.8. The number of hydrogen-bond donors (Lipinski definition) is 0. The average molecular weight is 542 g/mol. The Balaban J connectivity index is 2.66. The van der Waals surface area contributed by atoms with Crippen molar-refractivity contribution in [2.24, 2.45) is 11.8 Å². The van der Waals surface area contributed by atoms with Gasteiger partial charge in [-0.15, -0.1) is 6.58 Å². The summed E-state index contributed by atoms with van der Waals surface area (Å²) in [6.45, 7) is 14.6. The van der Waals surface area contributed by atoms with Gasteiger partial charge in [0.05, 0.1) is 23.4 Å². The number of rotatable bonds is 13. The number of methoxy groups -OCH3 is 1. The van der Waals surface area contributed by atoms with E-state index in [9.17, 15) is 14.2 Å². The van der Waals surface area contributed by atoms with Crippen molar-refractivity contribution < 1.29 is 37.8 Å². The van der Waals surface area contributed by atoms with Crippen LogP contribution in [0, 0.1) is 11.8 Å². The minimum absolute atomic E-state index is 0.0464. The molecule has 0 spiro atoms. The number of esters is 1. The first kappa shape index (κ1) is 31.6. The molecule has 8 atom stereocenters. The number of nitrogens with zero attached hydrogens (tertiary/aromatic N) is 1. The summed E-state index contributed by atoms with van der Waals surface area (Å²) in [6.07, 6.45) is 2.25. The third-order valence-corrected chi connectivity index (χ3v) is 8.06. The Bertz CT molecular complexity index is 874. The Hall–Kier alpha value is -1.64. The van der Waals surface area contributed by atoms with Gasteiger partial charge in [-0.2, -0.15) is 0 Å². The lowest BCUT2D eigenvalue weighted by Crippen LogP contribution is -2.58. The summed E-state index contributed by atoms with van der Waals surface area (Å²) in [5, 5.41) is 0. The number of hydrogen-bond acceptors (Lipinski definition) is 9. The Morgan fingerprint density at radius 2 is 1.95 bits per heavy atom. The third-order valence-electron chi connectivity index (χ3n) is 7.23. The molecule has 2 heterocycles. The zero-order chi connectivity index (χ0) is 28.1. The predicted molar refractivity (Wildman–Crippen MR) is 140 cm³/mol. The Morgan fingerprint density at radius 1 is 1.30 bits per heavy atom. The second kappa shape index (κ2) is 12.9. The van der Waals surface area contributed by atoms with Crippen LogP contribution >= 0.6 is 8.46 Å². The highest BCUT2D eigenvalue weighted by atomic mass is 31.1. The molecule has 0 amide bonds. The van der Waals surface area contributed by atoms with E-state index in [0.717, 1.165) is 6.29 Å². The first-order chi connectivity index (χ1) is 17.3. The molecule has 2 rings (SSSR count). The van der Waals surface area contributed by atoms with Gasteiger partial charge in [-0.3, -0.25) is 4.57 Å². The Morgan fingerprint density at radius 3 is 2.46 bits per heavy atom. The van der Waals surface area contributed by atoms with Crippen LogP contribution in [0.5, 0.6) is 0 Å². The number of carbonyl (C=O) groups excluding carboxylic acids is 2. The minimum atomic E-state index is -1.17. The standard InChI is InChI=1S/C27H44NO8P/c1-11-12-27(32-10,14-16(2)15-29)23(18(4)21-19(5)24(30)36-26(6,7)35-21)34-25-22(37-31)20(28(8)9)13-17(3)33-25/h11,15-18,20,22-23,25H,1,12-14H2,2-10H3/t16-,17?,18+,20?,22?,23-,25+,27-/m1/s1. The van der Waals surface area contributed by atoms with Crippen molar-refractivity contribution in [3.63, 3.8) is 0 Å².